The van der Waals surface area contributed by atoms with Crippen LogP contribution >= 0.6 is 24.8 Å². The molecule has 7 heteroatoms. The van der Waals surface area contributed by atoms with Gasteiger partial charge in [0.1, 0.15) is 5.82 Å². The third-order valence-electron chi connectivity index (χ3n) is 5.38. The molecule has 0 unspecified atom stereocenters. The van der Waals surface area contributed by atoms with Crippen molar-refractivity contribution in [3.05, 3.63) is 36.7 Å². The molecule has 0 radical (unpaired) electrons. The zero-order valence-electron chi connectivity index (χ0n) is 14.0. The second-order valence-corrected chi connectivity index (χ2v) is 6.70. The van der Waals surface area contributed by atoms with Crippen LogP contribution in [-0.4, -0.2) is 29.0 Å². The van der Waals surface area contributed by atoms with Gasteiger partial charge in [-0.3, -0.25) is 4.79 Å². The van der Waals surface area contributed by atoms with Crippen LogP contribution in [0.2, 0.25) is 0 Å². The Bertz CT molecular complexity index is 707. The molecule has 0 spiro atoms. The summed E-state index contributed by atoms with van der Waals surface area (Å²) in [6, 6.07) is 7.87. The minimum absolute atomic E-state index is 0. The Morgan fingerprint density at radius 1 is 1.28 bits per heavy atom. The smallest absolute Gasteiger partial charge is 0.232 e. The highest BCUT2D eigenvalue weighted by Gasteiger charge is 2.49. The number of nitrogens with zero attached hydrogens (tertiary/aromatic N) is 1. The van der Waals surface area contributed by atoms with E-state index in [1.807, 2.05) is 24.3 Å². The summed E-state index contributed by atoms with van der Waals surface area (Å²) in [5.41, 5.74) is 1.60. The molecule has 4 rings (SSSR count). The number of carbonyl (C=O) groups excluding carboxylic acids is 1. The van der Waals surface area contributed by atoms with Crippen LogP contribution in [0.5, 0.6) is 0 Å². The topological polar surface area (TPSA) is 69.8 Å². The number of aromatic nitrogens is 2. The molecule has 3 N–H and O–H groups in total. The molecule has 1 aliphatic heterocycles. The number of nitrogens with one attached hydrogen (secondary N) is 3. The maximum Gasteiger partial charge on any atom is 0.232 e. The van der Waals surface area contributed by atoms with Crippen molar-refractivity contribution in [2.75, 3.05) is 18.4 Å². The number of benzene rings is 1. The van der Waals surface area contributed by atoms with E-state index in [-0.39, 0.29) is 36.1 Å². The van der Waals surface area contributed by atoms with Crippen molar-refractivity contribution in [3.63, 3.8) is 0 Å². The molecule has 1 amide bonds. The zero-order valence-corrected chi connectivity index (χ0v) is 15.6. The quantitative estimate of drug-likeness (QED) is 0.758. The fourth-order valence-corrected chi connectivity index (χ4v) is 4.11. The molecule has 2 atom stereocenters. The minimum atomic E-state index is -0.223. The average Bonchev–Trinajstić information content (AvgIpc) is 3.25. The first kappa shape index (κ1) is 19.8. The average molecular weight is 383 g/mol. The minimum Gasteiger partial charge on any atom is -0.345 e. The molecule has 1 saturated heterocycles. The van der Waals surface area contributed by atoms with Crippen molar-refractivity contribution < 1.29 is 4.79 Å². The van der Waals surface area contributed by atoms with Crippen LogP contribution in [-0.2, 0) is 4.79 Å². The van der Waals surface area contributed by atoms with Gasteiger partial charge in [-0.15, -0.1) is 24.8 Å². The van der Waals surface area contributed by atoms with Crippen LogP contribution in [0.25, 0.3) is 11.4 Å². The Balaban J connectivity index is 0.00000113. The normalized spacial score (nSPS) is 24.6. The zero-order chi connectivity index (χ0) is 15.7. The van der Waals surface area contributed by atoms with Gasteiger partial charge in [-0.1, -0.05) is 25.0 Å². The molecule has 2 aromatic rings. The van der Waals surface area contributed by atoms with E-state index in [0.717, 1.165) is 49.4 Å². The van der Waals surface area contributed by atoms with Crippen molar-refractivity contribution in [1.82, 2.24) is 15.3 Å². The summed E-state index contributed by atoms with van der Waals surface area (Å²) in [4.78, 5) is 20.4. The predicted octanol–water partition coefficient (Wildman–Crippen LogP) is 3.64. The highest BCUT2D eigenvalue weighted by molar-refractivity contribution is 5.96. The Labute approximate surface area is 160 Å². The number of halogens is 2. The third-order valence-corrected chi connectivity index (χ3v) is 5.38. The van der Waals surface area contributed by atoms with Crippen LogP contribution in [0.4, 0.5) is 5.69 Å². The number of anilines is 1. The summed E-state index contributed by atoms with van der Waals surface area (Å²) in [7, 11) is 0. The summed E-state index contributed by atoms with van der Waals surface area (Å²) in [6.07, 6.45) is 8.08. The molecule has 2 aliphatic rings. The number of imidazole rings is 1. The first-order valence-corrected chi connectivity index (χ1v) is 8.40. The first-order chi connectivity index (χ1) is 11.3. The summed E-state index contributed by atoms with van der Waals surface area (Å²) < 4.78 is 0. The maximum atomic E-state index is 13.0. The lowest BCUT2D eigenvalue weighted by molar-refractivity contribution is -0.128. The summed E-state index contributed by atoms with van der Waals surface area (Å²) in [5.74, 6) is 1.46. The monoisotopic (exact) mass is 382 g/mol. The summed E-state index contributed by atoms with van der Waals surface area (Å²) >= 11 is 0. The van der Waals surface area contributed by atoms with Gasteiger partial charge in [-0.2, -0.15) is 0 Å². The van der Waals surface area contributed by atoms with Crippen LogP contribution in [0.15, 0.2) is 36.7 Å². The molecule has 136 valence electrons. The molecule has 1 aliphatic carbocycles. The van der Waals surface area contributed by atoms with E-state index in [2.05, 4.69) is 20.6 Å². The van der Waals surface area contributed by atoms with Gasteiger partial charge in [0.05, 0.1) is 5.41 Å². The van der Waals surface area contributed by atoms with Crippen molar-refractivity contribution in [2.45, 2.75) is 25.7 Å². The van der Waals surface area contributed by atoms with Crippen molar-refractivity contribution >= 4 is 36.4 Å². The number of rotatable bonds is 3. The molecule has 5 nitrogen and oxygen atoms in total. The predicted molar refractivity (Wildman–Crippen MR) is 104 cm³/mol. The number of amides is 1. The van der Waals surface area contributed by atoms with E-state index in [4.69, 9.17) is 0 Å². The van der Waals surface area contributed by atoms with Gasteiger partial charge in [0, 0.05) is 30.2 Å². The molecule has 1 aromatic carbocycles. The first-order valence-electron chi connectivity index (χ1n) is 8.40. The number of fused-ring (bicyclic) bond motifs is 1. The molecular formula is C18H24Cl2N4O. The van der Waals surface area contributed by atoms with Gasteiger partial charge < -0.3 is 15.6 Å². The van der Waals surface area contributed by atoms with E-state index < -0.39 is 0 Å². The molecule has 2 fully saturated rings. The van der Waals surface area contributed by atoms with Crippen molar-refractivity contribution in [2.24, 2.45) is 11.3 Å². The Morgan fingerprint density at radius 2 is 2.16 bits per heavy atom. The van der Waals surface area contributed by atoms with Gasteiger partial charge in [-0.25, -0.2) is 4.98 Å². The Kier molecular flexibility index (Phi) is 6.49. The summed E-state index contributed by atoms with van der Waals surface area (Å²) in [5, 5.41) is 6.59. The van der Waals surface area contributed by atoms with Crippen LogP contribution < -0.4 is 10.6 Å². The van der Waals surface area contributed by atoms with Crippen LogP contribution in [0, 0.1) is 11.3 Å². The Hall–Kier alpha value is -1.56. The lowest BCUT2D eigenvalue weighted by Gasteiger charge is -2.37. The highest BCUT2D eigenvalue weighted by Crippen LogP contribution is 2.44. The van der Waals surface area contributed by atoms with Crippen molar-refractivity contribution in [3.8, 4) is 11.4 Å². The second-order valence-electron chi connectivity index (χ2n) is 6.70. The third kappa shape index (κ3) is 3.68. The lowest BCUT2D eigenvalue weighted by atomic mass is 9.67. The lowest BCUT2D eigenvalue weighted by Crippen LogP contribution is -2.44. The number of hydrogen-bond acceptors (Lipinski definition) is 3. The van der Waals surface area contributed by atoms with E-state index in [9.17, 15) is 4.79 Å². The number of aromatic amines is 1. The van der Waals surface area contributed by atoms with E-state index in [1.54, 1.807) is 12.4 Å². The molecule has 25 heavy (non-hydrogen) atoms. The number of hydrogen-bond donors (Lipinski definition) is 3. The van der Waals surface area contributed by atoms with Gasteiger partial charge in [0.15, 0.2) is 0 Å². The van der Waals surface area contributed by atoms with Gasteiger partial charge >= 0.3 is 0 Å². The van der Waals surface area contributed by atoms with E-state index in [1.165, 1.54) is 6.42 Å². The van der Waals surface area contributed by atoms with Crippen LogP contribution in [0.1, 0.15) is 25.7 Å². The molecule has 2 heterocycles. The fourth-order valence-electron chi connectivity index (χ4n) is 4.11. The van der Waals surface area contributed by atoms with Gasteiger partial charge in [0.2, 0.25) is 5.91 Å². The Morgan fingerprint density at radius 3 is 2.96 bits per heavy atom. The van der Waals surface area contributed by atoms with Crippen molar-refractivity contribution in [1.29, 1.82) is 0 Å². The van der Waals surface area contributed by atoms with E-state index in [0.29, 0.717) is 5.92 Å². The molecule has 0 bridgehead atoms. The van der Waals surface area contributed by atoms with Gasteiger partial charge in [0.25, 0.3) is 0 Å². The number of H-pyrrole nitrogens is 1. The number of carbonyl (C=O) groups is 1. The summed E-state index contributed by atoms with van der Waals surface area (Å²) in [6.45, 7) is 1.78. The SMILES string of the molecule is Cl.Cl.O=C(Nc1cccc(-c2ncc[nH]2)c1)[C@@]12CCCC[C@H]1CNC2. The van der Waals surface area contributed by atoms with E-state index >= 15 is 0 Å². The largest absolute Gasteiger partial charge is 0.345 e. The molecular weight excluding hydrogens is 359 g/mol. The molecule has 1 aromatic heterocycles. The second kappa shape index (κ2) is 8.21. The maximum absolute atomic E-state index is 13.0. The standard InChI is InChI=1S/C18H22N4O.2ClH/c23-17(18-7-2-1-5-14(18)11-19-12-18)22-15-6-3-4-13(10-15)16-20-8-9-21-16;;/h3-4,6,8-10,14,19H,1-2,5,7,11-12H2,(H,20,21)(H,22,23);2*1H/t14-,18+;;/m0../s1. The highest BCUT2D eigenvalue weighted by atomic mass is 35.5. The molecule has 1 saturated carbocycles. The van der Waals surface area contributed by atoms with Gasteiger partial charge in [-0.05, 0) is 37.4 Å². The fraction of sp³-hybridized carbons (Fsp3) is 0.444. The van der Waals surface area contributed by atoms with Crippen LogP contribution in [0.3, 0.4) is 0 Å².